The van der Waals surface area contributed by atoms with Gasteiger partial charge in [-0.15, -0.1) is 11.3 Å². The average molecular weight is 289 g/mol. The Morgan fingerprint density at radius 2 is 1.90 bits per heavy atom. The van der Waals surface area contributed by atoms with Crippen LogP contribution in [-0.2, 0) is 0 Å². The number of aryl methyl sites for hydroxylation is 1. The van der Waals surface area contributed by atoms with E-state index in [9.17, 15) is 9.59 Å². The van der Waals surface area contributed by atoms with Gasteiger partial charge in [-0.2, -0.15) is 0 Å². The highest BCUT2D eigenvalue weighted by Gasteiger charge is 2.14. The number of hydrogen-bond donors (Lipinski definition) is 2. The monoisotopic (exact) mass is 289 g/mol. The number of benzene rings is 1. The van der Waals surface area contributed by atoms with Crippen LogP contribution >= 0.6 is 11.3 Å². The molecule has 0 aliphatic rings. The molecule has 5 heteroatoms. The van der Waals surface area contributed by atoms with Crippen molar-refractivity contribution in [3.63, 3.8) is 0 Å². The summed E-state index contributed by atoms with van der Waals surface area (Å²) in [6.45, 7) is 3.92. The summed E-state index contributed by atoms with van der Waals surface area (Å²) in [5.41, 5.74) is 0.460. The number of carboxylic acid groups (broad SMARTS) is 1. The summed E-state index contributed by atoms with van der Waals surface area (Å²) in [5, 5.41) is 11.8. The van der Waals surface area contributed by atoms with E-state index in [1.807, 2.05) is 26.0 Å². The van der Waals surface area contributed by atoms with E-state index in [0.717, 1.165) is 4.88 Å². The molecule has 2 N–H and O–H groups in total. The third kappa shape index (κ3) is 3.24. The van der Waals surface area contributed by atoms with Crippen molar-refractivity contribution >= 4 is 23.2 Å². The average Bonchev–Trinajstić information content (AvgIpc) is 2.85. The number of carbonyl (C=O) groups excluding carboxylic acids is 1. The van der Waals surface area contributed by atoms with Crippen LogP contribution in [0.3, 0.4) is 0 Å². The fourth-order valence-corrected chi connectivity index (χ4v) is 2.71. The van der Waals surface area contributed by atoms with Crippen LogP contribution in [-0.4, -0.2) is 17.0 Å². The van der Waals surface area contributed by atoms with Crippen LogP contribution in [0.2, 0.25) is 0 Å². The topological polar surface area (TPSA) is 66.4 Å². The minimum atomic E-state index is -1.04. The minimum absolute atomic E-state index is 0.102. The number of amides is 1. The maximum absolute atomic E-state index is 12.1. The predicted molar refractivity (Wildman–Crippen MR) is 78.3 cm³/mol. The molecule has 20 heavy (non-hydrogen) atoms. The summed E-state index contributed by atoms with van der Waals surface area (Å²) in [6, 6.07) is 9.91. The smallest absolute Gasteiger partial charge is 0.335 e. The molecule has 0 aliphatic heterocycles. The Morgan fingerprint density at radius 1 is 1.20 bits per heavy atom. The van der Waals surface area contributed by atoms with E-state index in [0.29, 0.717) is 5.56 Å². The quantitative estimate of drug-likeness (QED) is 0.908. The lowest BCUT2D eigenvalue weighted by Crippen LogP contribution is -2.26. The second-order valence-corrected chi connectivity index (χ2v) is 5.85. The first-order valence-corrected chi connectivity index (χ1v) is 6.99. The van der Waals surface area contributed by atoms with Crippen molar-refractivity contribution in [3.05, 3.63) is 57.3 Å². The van der Waals surface area contributed by atoms with Crippen LogP contribution in [0.15, 0.2) is 36.4 Å². The van der Waals surface area contributed by atoms with Crippen molar-refractivity contribution in [3.8, 4) is 0 Å². The molecular formula is C15H15NO3S. The molecule has 0 bridgehead atoms. The first-order chi connectivity index (χ1) is 9.47. The van der Waals surface area contributed by atoms with Gasteiger partial charge < -0.3 is 10.4 Å². The Morgan fingerprint density at radius 3 is 2.50 bits per heavy atom. The third-order valence-electron chi connectivity index (χ3n) is 2.91. The molecule has 2 aromatic rings. The lowest BCUT2D eigenvalue weighted by Gasteiger charge is -2.12. The summed E-state index contributed by atoms with van der Waals surface area (Å²) in [5.74, 6) is -1.31. The van der Waals surface area contributed by atoms with E-state index in [-0.39, 0.29) is 17.5 Å². The highest BCUT2D eigenvalue weighted by atomic mass is 32.1. The summed E-state index contributed by atoms with van der Waals surface area (Å²) in [7, 11) is 0. The van der Waals surface area contributed by atoms with E-state index in [1.165, 1.54) is 17.0 Å². The van der Waals surface area contributed by atoms with Gasteiger partial charge in [-0.05, 0) is 44.2 Å². The van der Waals surface area contributed by atoms with Crippen LogP contribution in [0.5, 0.6) is 0 Å². The number of rotatable bonds is 4. The Bertz CT molecular complexity index is 648. The lowest BCUT2D eigenvalue weighted by molar-refractivity contribution is 0.0697. The van der Waals surface area contributed by atoms with Crippen LogP contribution in [0.1, 0.15) is 43.4 Å². The van der Waals surface area contributed by atoms with Crippen LogP contribution in [0.25, 0.3) is 0 Å². The Hall–Kier alpha value is -2.14. The zero-order valence-electron chi connectivity index (χ0n) is 11.2. The predicted octanol–water partition coefficient (Wildman–Crippen LogP) is 3.25. The lowest BCUT2D eigenvalue weighted by atomic mass is 10.1. The Labute approximate surface area is 121 Å². The van der Waals surface area contributed by atoms with Crippen LogP contribution in [0.4, 0.5) is 0 Å². The van der Waals surface area contributed by atoms with Crippen molar-refractivity contribution < 1.29 is 14.7 Å². The molecule has 0 fully saturated rings. The van der Waals surface area contributed by atoms with Gasteiger partial charge in [0.15, 0.2) is 0 Å². The number of thiophene rings is 1. The van der Waals surface area contributed by atoms with Gasteiger partial charge in [-0.1, -0.05) is 6.07 Å². The molecule has 1 atom stereocenters. The number of aromatic carboxylic acids is 1. The molecular weight excluding hydrogens is 274 g/mol. The first-order valence-electron chi connectivity index (χ1n) is 6.18. The molecule has 1 amide bonds. The molecule has 1 unspecified atom stereocenters. The SMILES string of the molecule is Cc1ccc(C(C)NC(=O)c2cccc(C(=O)O)c2)s1. The van der Waals surface area contributed by atoms with Gasteiger partial charge in [0.25, 0.3) is 5.91 Å². The molecule has 0 saturated carbocycles. The molecule has 1 aromatic carbocycles. The zero-order valence-corrected chi connectivity index (χ0v) is 12.0. The van der Waals surface area contributed by atoms with Gasteiger partial charge in [-0.25, -0.2) is 4.79 Å². The van der Waals surface area contributed by atoms with Crippen molar-refractivity contribution in [2.75, 3.05) is 0 Å². The van der Waals surface area contributed by atoms with Gasteiger partial charge in [0, 0.05) is 15.3 Å². The molecule has 0 saturated heterocycles. The normalized spacial score (nSPS) is 11.9. The van der Waals surface area contributed by atoms with E-state index in [1.54, 1.807) is 23.5 Å². The Kier molecular flexibility index (Phi) is 4.20. The summed E-state index contributed by atoms with van der Waals surface area (Å²) < 4.78 is 0. The summed E-state index contributed by atoms with van der Waals surface area (Å²) >= 11 is 1.63. The number of hydrogen-bond acceptors (Lipinski definition) is 3. The van der Waals surface area contributed by atoms with Crippen molar-refractivity contribution in [2.24, 2.45) is 0 Å². The highest BCUT2D eigenvalue weighted by Crippen LogP contribution is 2.22. The van der Waals surface area contributed by atoms with E-state index >= 15 is 0 Å². The Balaban J connectivity index is 2.12. The van der Waals surface area contributed by atoms with Gasteiger partial charge in [-0.3, -0.25) is 4.79 Å². The minimum Gasteiger partial charge on any atom is -0.478 e. The second-order valence-electron chi connectivity index (χ2n) is 4.53. The fraction of sp³-hybridized carbons (Fsp3) is 0.200. The van der Waals surface area contributed by atoms with E-state index < -0.39 is 5.97 Å². The van der Waals surface area contributed by atoms with Crippen molar-refractivity contribution in [1.29, 1.82) is 0 Å². The van der Waals surface area contributed by atoms with E-state index in [2.05, 4.69) is 5.32 Å². The van der Waals surface area contributed by atoms with Crippen molar-refractivity contribution in [1.82, 2.24) is 5.32 Å². The molecule has 104 valence electrons. The van der Waals surface area contributed by atoms with Crippen molar-refractivity contribution in [2.45, 2.75) is 19.9 Å². The molecule has 0 spiro atoms. The van der Waals surface area contributed by atoms with Gasteiger partial charge in [0.1, 0.15) is 0 Å². The standard InChI is InChI=1S/C15H15NO3S/c1-9-6-7-13(20-9)10(2)16-14(17)11-4-3-5-12(8-11)15(18)19/h3-8,10H,1-2H3,(H,16,17)(H,18,19). The molecule has 2 rings (SSSR count). The number of nitrogens with one attached hydrogen (secondary N) is 1. The largest absolute Gasteiger partial charge is 0.478 e. The maximum Gasteiger partial charge on any atom is 0.335 e. The second kappa shape index (κ2) is 5.88. The molecule has 0 radical (unpaired) electrons. The van der Waals surface area contributed by atoms with Gasteiger partial charge in [0.05, 0.1) is 11.6 Å². The van der Waals surface area contributed by atoms with Gasteiger partial charge in [0.2, 0.25) is 0 Å². The fourth-order valence-electron chi connectivity index (χ4n) is 1.83. The van der Waals surface area contributed by atoms with E-state index in [4.69, 9.17) is 5.11 Å². The van der Waals surface area contributed by atoms with Crippen LogP contribution in [0, 0.1) is 6.92 Å². The maximum atomic E-state index is 12.1. The molecule has 4 nitrogen and oxygen atoms in total. The van der Waals surface area contributed by atoms with Gasteiger partial charge >= 0.3 is 5.97 Å². The molecule has 1 aromatic heterocycles. The first kappa shape index (κ1) is 14.3. The van der Waals surface area contributed by atoms with Crippen LogP contribution < -0.4 is 5.32 Å². The summed E-state index contributed by atoms with van der Waals surface area (Å²) in [6.07, 6.45) is 0. The third-order valence-corrected chi connectivity index (χ3v) is 4.09. The molecule has 1 heterocycles. The number of carbonyl (C=O) groups is 2. The zero-order chi connectivity index (χ0) is 14.7. The summed E-state index contributed by atoms with van der Waals surface area (Å²) in [4.78, 5) is 25.3. The molecule has 0 aliphatic carbocycles. The highest BCUT2D eigenvalue weighted by molar-refractivity contribution is 7.12. The number of carboxylic acids is 1.